The molecular weight excluding hydrogens is 324 g/mol. The first-order valence-electron chi connectivity index (χ1n) is 7.66. The average Bonchev–Trinajstić information content (AvgIpc) is 2.57. The quantitative estimate of drug-likeness (QED) is 0.532. The van der Waals surface area contributed by atoms with Gasteiger partial charge in [0.1, 0.15) is 5.75 Å². The van der Waals surface area contributed by atoms with Crippen LogP contribution in [0.3, 0.4) is 0 Å². The van der Waals surface area contributed by atoms with Crippen LogP contribution in [-0.2, 0) is 0 Å². The van der Waals surface area contributed by atoms with Crippen molar-refractivity contribution in [3.05, 3.63) is 52.5 Å². The molecule has 24 heavy (non-hydrogen) atoms. The second kappa shape index (κ2) is 8.37. The summed E-state index contributed by atoms with van der Waals surface area (Å²) in [4.78, 5) is 16.3. The number of hydrogen-bond donors (Lipinski definition) is 0. The summed E-state index contributed by atoms with van der Waals surface area (Å²) in [7, 11) is 0. The fourth-order valence-electron chi connectivity index (χ4n) is 2.10. The van der Waals surface area contributed by atoms with Crippen molar-refractivity contribution in [1.29, 1.82) is 5.39 Å². The van der Waals surface area contributed by atoms with Crippen LogP contribution in [0.15, 0.2) is 41.3 Å². The number of thioether (sulfide) groups is 1. The van der Waals surface area contributed by atoms with Gasteiger partial charge in [0, 0.05) is 5.56 Å². The Hall–Kier alpha value is -2.52. The maximum atomic E-state index is 12.5. The van der Waals surface area contributed by atoms with E-state index in [1.54, 1.807) is 24.3 Å². The molecule has 0 aliphatic rings. The van der Waals surface area contributed by atoms with Crippen LogP contribution in [0.1, 0.15) is 29.8 Å². The van der Waals surface area contributed by atoms with Crippen LogP contribution in [0, 0.1) is 12.3 Å². The maximum Gasteiger partial charge on any atom is 0.431 e. The molecule has 2 aromatic carbocycles. The second-order valence-electron chi connectivity index (χ2n) is 4.99. The van der Waals surface area contributed by atoms with Gasteiger partial charge in [-0.25, -0.2) is 0 Å². The lowest BCUT2D eigenvalue weighted by molar-refractivity contribution is 0.108. The number of ether oxygens (including phenoxy) is 2. The number of nitrogens with zero attached hydrogens (tertiary/aromatic N) is 2. The standard InChI is InChI=1S/C18H19N2O3S/c1-4-22-14-10-15(20-19)17(23-5-2)16(11-14)24-18(21)13-8-6-12(3)7-9-13/h6-11H,4-5H2,1-3H3/q+1. The van der Waals surface area contributed by atoms with Crippen molar-refractivity contribution in [3.8, 4) is 11.5 Å². The van der Waals surface area contributed by atoms with E-state index in [-0.39, 0.29) is 10.8 Å². The van der Waals surface area contributed by atoms with Gasteiger partial charge in [-0.15, -0.1) is 0 Å². The van der Waals surface area contributed by atoms with Crippen molar-refractivity contribution >= 4 is 22.6 Å². The number of benzene rings is 2. The number of aryl methyl sites for hydroxylation is 1. The van der Waals surface area contributed by atoms with E-state index in [1.807, 2.05) is 32.9 Å². The highest BCUT2D eigenvalue weighted by molar-refractivity contribution is 8.14. The Morgan fingerprint density at radius 3 is 2.38 bits per heavy atom. The first-order chi connectivity index (χ1) is 11.6. The lowest BCUT2D eigenvalue weighted by atomic mass is 10.2. The molecule has 0 atom stereocenters. The molecule has 0 heterocycles. The molecule has 0 aliphatic carbocycles. The number of diazo groups is 1. The van der Waals surface area contributed by atoms with Gasteiger partial charge in [0.15, 0.2) is 4.98 Å². The summed E-state index contributed by atoms with van der Waals surface area (Å²) in [5.41, 5.74) is 1.92. The first kappa shape index (κ1) is 17.8. The van der Waals surface area contributed by atoms with Gasteiger partial charge in [-0.2, -0.15) is 0 Å². The molecule has 0 aromatic heterocycles. The Morgan fingerprint density at radius 1 is 1.12 bits per heavy atom. The molecule has 0 spiro atoms. The molecule has 0 bridgehead atoms. The van der Waals surface area contributed by atoms with Crippen LogP contribution in [0.4, 0.5) is 5.69 Å². The van der Waals surface area contributed by atoms with Gasteiger partial charge < -0.3 is 9.47 Å². The molecule has 0 saturated carbocycles. The van der Waals surface area contributed by atoms with Crippen molar-refractivity contribution in [2.24, 2.45) is 0 Å². The van der Waals surface area contributed by atoms with E-state index >= 15 is 0 Å². The summed E-state index contributed by atoms with van der Waals surface area (Å²) in [5.74, 6) is 0.891. The largest absolute Gasteiger partial charge is 0.494 e. The lowest BCUT2D eigenvalue weighted by Crippen LogP contribution is -1.99. The third-order valence-electron chi connectivity index (χ3n) is 3.21. The Morgan fingerprint density at radius 2 is 1.79 bits per heavy atom. The zero-order chi connectivity index (χ0) is 17.5. The SMILES string of the molecule is CCOc1cc([N+]#N)c(OCC)c(SC(=O)c2ccc(C)cc2)c1. The minimum absolute atomic E-state index is 0.117. The van der Waals surface area contributed by atoms with Crippen molar-refractivity contribution < 1.29 is 14.3 Å². The molecule has 0 N–H and O–H groups in total. The van der Waals surface area contributed by atoms with Gasteiger partial charge in [0.05, 0.1) is 24.2 Å². The molecule has 2 rings (SSSR count). The van der Waals surface area contributed by atoms with E-state index in [4.69, 9.17) is 9.47 Å². The minimum Gasteiger partial charge on any atom is -0.494 e. The predicted molar refractivity (Wildman–Crippen MR) is 94.9 cm³/mol. The van der Waals surface area contributed by atoms with Crippen LogP contribution >= 0.6 is 11.8 Å². The Balaban J connectivity index is 2.39. The molecule has 0 fully saturated rings. The first-order valence-corrected chi connectivity index (χ1v) is 8.48. The summed E-state index contributed by atoms with van der Waals surface area (Å²) >= 11 is 1.02. The Bertz CT molecular complexity index is 767. The van der Waals surface area contributed by atoms with Crippen LogP contribution in [0.25, 0.3) is 4.98 Å². The number of hydrogen-bond acceptors (Lipinski definition) is 5. The third-order valence-corrected chi connectivity index (χ3v) is 4.15. The summed E-state index contributed by atoms with van der Waals surface area (Å²) < 4.78 is 11.0. The molecule has 5 nitrogen and oxygen atoms in total. The second-order valence-corrected chi connectivity index (χ2v) is 6.01. The minimum atomic E-state index is -0.117. The summed E-state index contributed by atoms with van der Waals surface area (Å²) in [6, 6.07) is 10.7. The zero-order valence-electron chi connectivity index (χ0n) is 13.9. The molecule has 0 aliphatic heterocycles. The van der Waals surface area contributed by atoms with Crippen LogP contribution in [0.5, 0.6) is 11.5 Å². The lowest BCUT2D eigenvalue weighted by Gasteiger charge is -2.10. The molecular formula is C18H19N2O3S+. The zero-order valence-corrected chi connectivity index (χ0v) is 14.7. The van der Waals surface area contributed by atoms with Gasteiger partial charge in [-0.3, -0.25) is 4.79 Å². The number of carbonyl (C=O) groups excluding carboxylic acids is 1. The number of rotatable bonds is 6. The van der Waals surface area contributed by atoms with E-state index in [1.165, 1.54) is 0 Å². The number of carbonyl (C=O) groups is 1. The monoisotopic (exact) mass is 343 g/mol. The van der Waals surface area contributed by atoms with E-state index in [9.17, 15) is 10.2 Å². The molecule has 0 radical (unpaired) electrons. The highest BCUT2D eigenvalue weighted by Crippen LogP contribution is 2.42. The van der Waals surface area contributed by atoms with E-state index < -0.39 is 0 Å². The highest BCUT2D eigenvalue weighted by Gasteiger charge is 2.24. The third kappa shape index (κ3) is 4.27. The van der Waals surface area contributed by atoms with E-state index in [0.29, 0.717) is 35.2 Å². The van der Waals surface area contributed by atoms with Crippen molar-refractivity contribution in [3.63, 3.8) is 0 Å². The summed E-state index contributed by atoms with van der Waals surface area (Å²) in [6.45, 7) is 6.51. The normalized spacial score (nSPS) is 10.1. The fourth-order valence-corrected chi connectivity index (χ4v) is 2.99. The van der Waals surface area contributed by atoms with Crippen molar-refractivity contribution in [1.82, 2.24) is 0 Å². The summed E-state index contributed by atoms with van der Waals surface area (Å²) in [6.07, 6.45) is 0. The smallest absolute Gasteiger partial charge is 0.431 e. The molecule has 0 saturated heterocycles. The highest BCUT2D eigenvalue weighted by atomic mass is 32.2. The molecule has 2 aromatic rings. The van der Waals surface area contributed by atoms with Crippen LogP contribution < -0.4 is 9.47 Å². The van der Waals surface area contributed by atoms with Gasteiger partial charge in [0.25, 0.3) is 0 Å². The Labute approximate surface area is 145 Å². The topological polar surface area (TPSA) is 63.7 Å². The fraction of sp³-hybridized carbons (Fsp3) is 0.278. The van der Waals surface area contributed by atoms with E-state index in [0.717, 1.165) is 17.3 Å². The van der Waals surface area contributed by atoms with E-state index in [2.05, 4.69) is 4.98 Å². The van der Waals surface area contributed by atoms with Crippen LogP contribution in [-0.4, -0.2) is 18.3 Å². The average molecular weight is 343 g/mol. The summed E-state index contributed by atoms with van der Waals surface area (Å²) in [5, 5.41) is 9.12. The molecule has 6 heteroatoms. The van der Waals surface area contributed by atoms with Crippen molar-refractivity contribution in [2.45, 2.75) is 25.7 Å². The van der Waals surface area contributed by atoms with Gasteiger partial charge in [-0.05, 0) is 38.6 Å². The maximum absolute atomic E-state index is 12.5. The van der Waals surface area contributed by atoms with Gasteiger partial charge >= 0.3 is 5.69 Å². The molecule has 0 amide bonds. The van der Waals surface area contributed by atoms with Crippen molar-refractivity contribution in [2.75, 3.05) is 13.2 Å². The van der Waals surface area contributed by atoms with Crippen LogP contribution in [0.2, 0.25) is 0 Å². The van der Waals surface area contributed by atoms with Gasteiger partial charge in [-0.1, -0.05) is 29.8 Å². The van der Waals surface area contributed by atoms with Gasteiger partial charge in [0.2, 0.25) is 16.3 Å². The molecule has 124 valence electrons. The Kier molecular flexibility index (Phi) is 6.21. The predicted octanol–water partition coefficient (Wildman–Crippen LogP) is 5.21. The molecule has 0 unspecified atom stereocenters.